The van der Waals surface area contributed by atoms with E-state index in [9.17, 15) is 23.1 Å². The number of fused-ring (bicyclic) bond motifs is 1. The fourth-order valence-corrected chi connectivity index (χ4v) is 3.89. The lowest BCUT2D eigenvalue weighted by Crippen LogP contribution is -2.32. The van der Waals surface area contributed by atoms with Gasteiger partial charge in [-0.2, -0.15) is 13.2 Å². The largest absolute Gasteiger partial charge is 0.493 e. The molecule has 2 atom stereocenters. The average Bonchev–Trinajstić information content (AvgIpc) is 2.80. The topological polar surface area (TPSA) is 71.5 Å². The zero-order valence-corrected chi connectivity index (χ0v) is 17.7. The van der Waals surface area contributed by atoms with Crippen LogP contribution in [0.3, 0.4) is 0 Å². The van der Waals surface area contributed by atoms with E-state index in [4.69, 9.17) is 4.74 Å². The van der Waals surface area contributed by atoms with E-state index in [2.05, 4.69) is 10.3 Å². The number of benzene rings is 2. The zero-order valence-electron chi connectivity index (χ0n) is 17.7. The summed E-state index contributed by atoms with van der Waals surface area (Å²) in [4.78, 5) is 16.7. The average molecular weight is 456 g/mol. The number of hydrogen-bond donors (Lipinski definition) is 2. The summed E-state index contributed by atoms with van der Waals surface area (Å²) in [7, 11) is 0. The Bertz CT molecular complexity index is 1100. The molecule has 2 N–H and O–H groups in total. The minimum atomic E-state index is -4.48. The molecule has 0 spiro atoms. The van der Waals surface area contributed by atoms with Crippen molar-refractivity contribution in [2.24, 2.45) is 0 Å². The number of alkyl halides is 3. The Morgan fingerprint density at radius 3 is 2.61 bits per heavy atom. The Morgan fingerprint density at radius 1 is 1.12 bits per heavy atom. The number of aromatic nitrogens is 1. The number of rotatable bonds is 6. The van der Waals surface area contributed by atoms with Gasteiger partial charge in [0.15, 0.2) is 0 Å². The van der Waals surface area contributed by atoms with Crippen molar-refractivity contribution in [2.45, 2.75) is 31.0 Å². The first-order valence-electron chi connectivity index (χ1n) is 10.6. The number of halogens is 3. The molecule has 0 radical (unpaired) electrons. The molecule has 5 nitrogen and oxygen atoms in total. The molecule has 33 heavy (non-hydrogen) atoms. The van der Waals surface area contributed by atoms with Crippen molar-refractivity contribution in [1.82, 2.24) is 10.3 Å². The zero-order chi connectivity index (χ0) is 23.4. The molecule has 0 saturated carbocycles. The first-order valence-corrected chi connectivity index (χ1v) is 10.6. The summed E-state index contributed by atoms with van der Waals surface area (Å²) in [6.07, 6.45) is -3.13. The summed E-state index contributed by atoms with van der Waals surface area (Å²) >= 11 is 0. The molecule has 4 rings (SSSR count). The van der Waals surface area contributed by atoms with Gasteiger partial charge < -0.3 is 15.2 Å². The fraction of sp³-hybridized carbons (Fsp3) is 0.280. The molecule has 0 bridgehead atoms. The molecular formula is C25H23F3N2O3. The van der Waals surface area contributed by atoms with Crippen molar-refractivity contribution in [3.8, 4) is 5.75 Å². The van der Waals surface area contributed by atoms with Gasteiger partial charge in [-0.05, 0) is 41.3 Å². The SMILES string of the molecule is O=C(NCCc1ccc(C(F)(F)F)nc1)C(c1ccccc1)c1ccc2c(c1)[C@H](O)CCO2. The summed E-state index contributed by atoms with van der Waals surface area (Å²) in [5.41, 5.74) is 1.81. The maximum atomic E-state index is 13.2. The van der Waals surface area contributed by atoms with Crippen LogP contribution in [0.5, 0.6) is 5.75 Å². The van der Waals surface area contributed by atoms with Crippen molar-refractivity contribution in [1.29, 1.82) is 0 Å². The van der Waals surface area contributed by atoms with E-state index in [1.165, 1.54) is 12.3 Å². The minimum absolute atomic E-state index is 0.242. The molecule has 0 fully saturated rings. The maximum Gasteiger partial charge on any atom is 0.433 e. The highest BCUT2D eigenvalue weighted by Crippen LogP contribution is 2.36. The summed E-state index contributed by atoms with van der Waals surface area (Å²) in [5.74, 6) is -0.247. The Hall–Kier alpha value is -3.39. The van der Waals surface area contributed by atoms with Gasteiger partial charge in [0.2, 0.25) is 5.91 Å². The standard InChI is InChI=1S/C25H23F3N2O3/c26-25(27,28)22-9-6-16(15-30-22)10-12-29-24(32)23(17-4-2-1-3-5-17)18-7-8-21-19(14-18)20(31)11-13-33-21/h1-9,14-15,20,23,31H,10-13H2,(H,29,32)/t20-,23?/m1/s1. The molecule has 1 aliphatic heterocycles. The summed E-state index contributed by atoms with van der Waals surface area (Å²) in [5, 5.41) is 13.2. The number of hydrogen-bond acceptors (Lipinski definition) is 4. The lowest BCUT2D eigenvalue weighted by atomic mass is 9.88. The van der Waals surface area contributed by atoms with Gasteiger partial charge in [0.1, 0.15) is 11.4 Å². The minimum Gasteiger partial charge on any atom is -0.493 e. The van der Waals surface area contributed by atoms with E-state index in [1.807, 2.05) is 36.4 Å². The van der Waals surface area contributed by atoms with Gasteiger partial charge in [-0.1, -0.05) is 42.5 Å². The molecule has 1 amide bonds. The Balaban J connectivity index is 1.50. The number of aliphatic hydroxyl groups is 1. The molecule has 1 unspecified atom stereocenters. The van der Waals surface area contributed by atoms with Gasteiger partial charge in [0.05, 0.1) is 18.6 Å². The molecule has 8 heteroatoms. The van der Waals surface area contributed by atoms with E-state index >= 15 is 0 Å². The third-order valence-corrected chi connectivity index (χ3v) is 5.60. The van der Waals surface area contributed by atoms with Crippen LogP contribution in [0, 0.1) is 0 Å². The first-order chi connectivity index (χ1) is 15.8. The summed E-state index contributed by atoms with van der Waals surface area (Å²) < 4.78 is 43.6. The van der Waals surface area contributed by atoms with E-state index in [1.54, 1.807) is 12.1 Å². The molecule has 2 heterocycles. The number of aliphatic hydroxyl groups excluding tert-OH is 1. The Morgan fingerprint density at radius 2 is 1.91 bits per heavy atom. The lowest BCUT2D eigenvalue weighted by molar-refractivity contribution is -0.141. The summed E-state index contributed by atoms with van der Waals surface area (Å²) in [6, 6.07) is 17.0. The highest BCUT2D eigenvalue weighted by atomic mass is 19.4. The molecule has 0 aliphatic carbocycles. The molecule has 1 aromatic heterocycles. The van der Waals surface area contributed by atoms with Crippen LogP contribution in [0.1, 0.15) is 46.4 Å². The van der Waals surface area contributed by atoms with Gasteiger partial charge in [0.25, 0.3) is 0 Å². The highest BCUT2D eigenvalue weighted by Gasteiger charge is 2.32. The van der Waals surface area contributed by atoms with Crippen LogP contribution >= 0.6 is 0 Å². The molecular weight excluding hydrogens is 433 g/mol. The monoisotopic (exact) mass is 456 g/mol. The number of nitrogens with zero attached hydrogens (tertiary/aromatic N) is 1. The van der Waals surface area contributed by atoms with Crippen LogP contribution in [0.4, 0.5) is 13.2 Å². The number of pyridine rings is 1. The number of carbonyl (C=O) groups is 1. The van der Waals surface area contributed by atoms with Crippen molar-refractivity contribution >= 4 is 5.91 Å². The molecule has 1 aliphatic rings. The van der Waals surface area contributed by atoms with Crippen molar-refractivity contribution < 1.29 is 27.8 Å². The van der Waals surface area contributed by atoms with Crippen LogP contribution in [0.25, 0.3) is 0 Å². The van der Waals surface area contributed by atoms with Gasteiger partial charge in [0, 0.05) is 24.7 Å². The van der Waals surface area contributed by atoms with Gasteiger partial charge in [-0.3, -0.25) is 9.78 Å². The van der Waals surface area contributed by atoms with Crippen LogP contribution in [0.2, 0.25) is 0 Å². The van der Waals surface area contributed by atoms with Gasteiger partial charge >= 0.3 is 6.18 Å². The normalized spacial score (nSPS) is 16.4. The second-order valence-electron chi connectivity index (χ2n) is 7.88. The fourth-order valence-electron chi connectivity index (χ4n) is 3.89. The van der Waals surface area contributed by atoms with E-state index in [0.717, 1.165) is 17.2 Å². The second-order valence-corrected chi connectivity index (χ2v) is 7.88. The molecule has 2 aromatic carbocycles. The van der Waals surface area contributed by atoms with E-state index in [0.29, 0.717) is 36.3 Å². The summed E-state index contributed by atoms with van der Waals surface area (Å²) in [6.45, 7) is 0.681. The second kappa shape index (κ2) is 9.62. The number of nitrogens with one attached hydrogen (secondary N) is 1. The third-order valence-electron chi connectivity index (χ3n) is 5.60. The molecule has 3 aromatic rings. The van der Waals surface area contributed by atoms with Crippen molar-refractivity contribution in [3.05, 3.63) is 94.8 Å². The number of ether oxygens (including phenoxy) is 1. The van der Waals surface area contributed by atoms with E-state index in [-0.39, 0.29) is 12.5 Å². The maximum absolute atomic E-state index is 13.2. The van der Waals surface area contributed by atoms with Crippen molar-refractivity contribution in [3.63, 3.8) is 0 Å². The highest BCUT2D eigenvalue weighted by molar-refractivity contribution is 5.87. The molecule has 0 saturated heterocycles. The van der Waals surface area contributed by atoms with Crippen LogP contribution in [0.15, 0.2) is 66.9 Å². The Kier molecular flexibility index (Phi) is 6.65. The number of amides is 1. The molecule has 172 valence electrons. The van der Waals surface area contributed by atoms with Crippen LogP contribution in [-0.4, -0.2) is 29.1 Å². The van der Waals surface area contributed by atoms with Crippen molar-refractivity contribution in [2.75, 3.05) is 13.2 Å². The predicted molar refractivity (Wildman–Crippen MR) is 116 cm³/mol. The van der Waals surface area contributed by atoms with Gasteiger partial charge in [-0.25, -0.2) is 0 Å². The van der Waals surface area contributed by atoms with Crippen LogP contribution < -0.4 is 10.1 Å². The van der Waals surface area contributed by atoms with Crippen LogP contribution in [-0.2, 0) is 17.4 Å². The number of carbonyl (C=O) groups excluding carboxylic acids is 1. The van der Waals surface area contributed by atoms with Gasteiger partial charge in [-0.15, -0.1) is 0 Å². The van der Waals surface area contributed by atoms with E-state index < -0.39 is 23.9 Å². The first kappa shape index (κ1) is 22.8. The lowest BCUT2D eigenvalue weighted by Gasteiger charge is -2.25. The Labute approximate surface area is 189 Å². The smallest absolute Gasteiger partial charge is 0.433 e. The quantitative estimate of drug-likeness (QED) is 0.577. The third kappa shape index (κ3) is 5.34. The predicted octanol–water partition coefficient (Wildman–Crippen LogP) is 4.41.